The fourth-order valence-corrected chi connectivity index (χ4v) is 4.15. The topological polar surface area (TPSA) is 29.3 Å². The van der Waals surface area contributed by atoms with Crippen LogP contribution in [0.1, 0.15) is 65.7 Å². The highest BCUT2D eigenvalue weighted by molar-refractivity contribution is 5.03. The maximum Gasteiger partial charge on any atom is 0.0152 e. The van der Waals surface area contributed by atoms with Crippen molar-refractivity contribution in [3.63, 3.8) is 0 Å². The Balaban J connectivity index is 2.00. The first kappa shape index (κ1) is 14.3. The molecule has 106 valence electrons. The quantitative estimate of drug-likeness (QED) is 0.812. The van der Waals surface area contributed by atoms with Crippen molar-refractivity contribution in [3.05, 3.63) is 0 Å². The fraction of sp³-hybridized carbons (Fsp3) is 1.00. The van der Waals surface area contributed by atoms with Crippen molar-refractivity contribution in [1.82, 2.24) is 4.90 Å². The second-order valence-corrected chi connectivity index (χ2v) is 7.41. The summed E-state index contributed by atoms with van der Waals surface area (Å²) in [5.41, 5.74) is 6.87. The third-order valence-corrected chi connectivity index (χ3v) is 5.50. The van der Waals surface area contributed by atoms with E-state index in [-0.39, 0.29) is 5.41 Å². The molecule has 0 bridgehead atoms. The van der Waals surface area contributed by atoms with Crippen LogP contribution in [0.3, 0.4) is 0 Å². The highest BCUT2D eigenvalue weighted by atomic mass is 15.2. The summed E-state index contributed by atoms with van der Waals surface area (Å²) in [5, 5.41) is 0. The summed E-state index contributed by atoms with van der Waals surface area (Å²) < 4.78 is 0. The van der Waals surface area contributed by atoms with E-state index < -0.39 is 0 Å². The van der Waals surface area contributed by atoms with Crippen molar-refractivity contribution < 1.29 is 0 Å². The van der Waals surface area contributed by atoms with Crippen LogP contribution in [0.2, 0.25) is 0 Å². The first-order valence-corrected chi connectivity index (χ1v) is 7.97. The van der Waals surface area contributed by atoms with E-state index in [0.717, 1.165) is 12.6 Å². The second-order valence-electron chi connectivity index (χ2n) is 7.41. The molecule has 0 aromatic rings. The molecule has 2 N–H and O–H groups in total. The predicted octanol–water partition coefficient (Wildman–Crippen LogP) is 3.41. The summed E-state index contributed by atoms with van der Waals surface area (Å²) in [4.78, 5) is 2.74. The van der Waals surface area contributed by atoms with E-state index in [4.69, 9.17) is 5.73 Å². The lowest BCUT2D eigenvalue weighted by molar-refractivity contribution is -0.0618. The van der Waals surface area contributed by atoms with Crippen LogP contribution in [0.25, 0.3) is 0 Å². The maximum absolute atomic E-state index is 5.91. The Bertz CT molecular complexity index is 266. The monoisotopic (exact) mass is 252 g/mol. The molecule has 0 saturated heterocycles. The molecule has 1 spiro atoms. The summed E-state index contributed by atoms with van der Waals surface area (Å²) in [5.74, 6) is 0. The van der Waals surface area contributed by atoms with Gasteiger partial charge < -0.3 is 5.73 Å². The van der Waals surface area contributed by atoms with Gasteiger partial charge >= 0.3 is 0 Å². The smallest absolute Gasteiger partial charge is 0.0152 e. The number of nitrogens with zero attached hydrogens (tertiary/aromatic N) is 1. The van der Waals surface area contributed by atoms with E-state index in [9.17, 15) is 0 Å². The highest BCUT2D eigenvalue weighted by Crippen LogP contribution is 2.54. The number of hydrogen-bond donors (Lipinski definition) is 1. The number of hydrogen-bond acceptors (Lipinski definition) is 2. The Morgan fingerprint density at radius 3 is 2.28 bits per heavy atom. The Kier molecular flexibility index (Phi) is 4.38. The fourth-order valence-electron chi connectivity index (χ4n) is 4.15. The molecule has 0 aromatic carbocycles. The van der Waals surface area contributed by atoms with Gasteiger partial charge in [-0.2, -0.15) is 0 Å². The Morgan fingerprint density at radius 2 is 1.83 bits per heavy atom. The Hall–Kier alpha value is -0.0800. The predicted molar refractivity (Wildman–Crippen MR) is 78.6 cm³/mol. The highest BCUT2D eigenvalue weighted by Gasteiger charge is 2.49. The maximum atomic E-state index is 5.91. The van der Waals surface area contributed by atoms with Crippen LogP contribution < -0.4 is 5.73 Å². The van der Waals surface area contributed by atoms with Gasteiger partial charge in [0.15, 0.2) is 0 Å². The van der Waals surface area contributed by atoms with E-state index in [0.29, 0.717) is 5.41 Å². The second kappa shape index (κ2) is 5.50. The molecule has 0 amide bonds. The van der Waals surface area contributed by atoms with Crippen LogP contribution in [0, 0.1) is 10.8 Å². The van der Waals surface area contributed by atoms with Crippen LogP contribution in [-0.4, -0.2) is 30.6 Å². The Labute approximate surface area is 113 Å². The van der Waals surface area contributed by atoms with Gasteiger partial charge in [-0.05, 0) is 49.6 Å². The van der Waals surface area contributed by atoms with E-state index in [1.165, 1.54) is 58.0 Å². The molecule has 1 unspecified atom stereocenters. The standard InChI is InChI=1S/C16H32N2/c1-4-18(13-15(2,3)12-17)14-8-11-16(14)9-6-5-7-10-16/h14H,4-13,17H2,1-3H3. The SMILES string of the molecule is CCN(CC(C)(C)CN)C1CCC12CCCCC2. The van der Waals surface area contributed by atoms with Crippen molar-refractivity contribution in [2.45, 2.75) is 71.8 Å². The average molecular weight is 252 g/mol. The lowest BCUT2D eigenvalue weighted by Gasteiger charge is -2.57. The van der Waals surface area contributed by atoms with Crippen molar-refractivity contribution in [2.24, 2.45) is 16.6 Å². The van der Waals surface area contributed by atoms with Crippen molar-refractivity contribution in [3.8, 4) is 0 Å². The molecule has 2 aliphatic rings. The first-order valence-electron chi connectivity index (χ1n) is 7.97. The van der Waals surface area contributed by atoms with Crippen LogP contribution in [0.15, 0.2) is 0 Å². The van der Waals surface area contributed by atoms with E-state index in [2.05, 4.69) is 25.7 Å². The average Bonchev–Trinajstić information content (AvgIpc) is 2.37. The molecule has 0 aromatic heterocycles. The molecule has 2 nitrogen and oxygen atoms in total. The molecule has 0 radical (unpaired) electrons. The van der Waals surface area contributed by atoms with E-state index in [1.807, 2.05) is 0 Å². The van der Waals surface area contributed by atoms with Crippen LogP contribution in [0.4, 0.5) is 0 Å². The lowest BCUT2D eigenvalue weighted by Crippen LogP contribution is -2.58. The van der Waals surface area contributed by atoms with Gasteiger partial charge in [0.05, 0.1) is 0 Å². The minimum Gasteiger partial charge on any atom is -0.330 e. The van der Waals surface area contributed by atoms with Gasteiger partial charge in [-0.25, -0.2) is 0 Å². The third kappa shape index (κ3) is 2.75. The molecule has 2 rings (SSSR count). The molecule has 2 aliphatic carbocycles. The molecule has 2 fully saturated rings. The van der Waals surface area contributed by atoms with E-state index >= 15 is 0 Å². The molecule has 18 heavy (non-hydrogen) atoms. The van der Waals surface area contributed by atoms with Gasteiger partial charge in [0.25, 0.3) is 0 Å². The summed E-state index contributed by atoms with van der Waals surface area (Å²) >= 11 is 0. The molecule has 1 atom stereocenters. The number of nitrogens with two attached hydrogens (primary N) is 1. The van der Waals surface area contributed by atoms with Crippen molar-refractivity contribution in [2.75, 3.05) is 19.6 Å². The Morgan fingerprint density at radius 1 is 1.17 bits per heavy atom. The molecule has 2 saturated carbocycles. The van der Waals surface area contributed by atoms with Gasteiger partial charge in [0.1, 0.15) is 0 Å². The lowest BCUT2D eigenvalue weighted by atomic mass is 9.56. The van der Waals surface area contributed by atoms with Gasteiger partial charge in [0, 0.05) is 12.6 Å². The normalized spacial score (nSPS) is 27.5. The largest absolute Gasteiger partial charge is 0.330 e. The van der Waals surface area contributed by atoms with E-state index in [1.54, 1.807) is 0 Å². The summed E-state index contributed by atoms with van der Waals surface area (Å²) in [6.45, 7) is 10.1. The van der Waals surface area contributed by atoms with Crippen LogP contribution in [-0.2, 0) is 0 Å². The van der Waals surface area contributed by atoms with Gasteiger partial charge in [-0.15, -0.1) is 0 Å². The minimum absolute atomic E-state index is 0.265. The molecule has 2 heteroatoms. The number of rotatable bonds is 5. The van der Waals surface area contributed by atoms with Crippen LogP contribution >= 0.6 is 0 Å². The zero-order valence-electron chi connectivity index (χ0n) is 12.7. The van der Waals surface area contributed by atoms with Crippen LogP contribution in [0.5, 0.6) is 0 Å². The molecular formula is C16H32N2. The molecular weight excluding hydrogens is 220 g/mol. The zero-order valence-corrected chi connectivity index (χ0v) is 12.7. The third-order valence-electron chi connectivity index (χ3n) is 5.50. The van der Waals surface area contributed by atoms with Gasteiger partial charge in [0.2, 0.25) is 0 Å². The zero-order chi connectivity index (χ0) is 13.2. The summed E-state index contributed by atoms with van der Waals surface area (Å²) in [7, 11) is 0. The molecule has 0 aliphatic heterocycles. The van der Waals surface area contributed by atoms with Gasteiger partial charge in [-0.3, -0.25) is 4.90 Å². The van der Waals surface area contributed by atoms with Crippen molar-refractivity contribution in [1.29, 1.82) is 0 Å². The van der Waals surface area contributed by atoms with Crippen molar-refractivity contribution >= 4 is 0 Å². The summed E-state index contributed by atoms with van der Waals surface area (Å²) in [6, 6.07) is 0.855. The first-order chi connectivity index (χ1) is 8.53. The van der Waals surface area contributed by atoms with Gasteiger partial charge in [-0.1, -0.05) is 40.0 Å². The molecule has 0 heterocycles. The summed E-state index contributed by atoms with van der Waals surface area (Å²) in [6.07, 6.45) is 10.3. The minimum atomic E-state index is 0.265.